The third-order valence-electron chi connectivity index (χ3n) is 3.24. The van der Waals surface area contributed by atoms with Crippen molar-refractivity contribution in [3.63, 3.8) is 0 Å². The van der Waals surface area contributed by atoms with Crippen molar-refractivity contribution < 1.29 is 9.53 Å². The first-order valence-electron chi connectivity index (χ1n) is 6.36. The van der Waals surface area contributed by atoms with E-state index in [-0.39, 0.29) is 6.09 Å². The number of rotatable bonds is 2. The van der Waals surface area contributed by atoms with Gasteiger partial charge in [0.25, 0.3) is 0 Å². The van der Waals surface area contributed by atoms with Crippen LogP contribution in [-0.2, 0) is 0 Å². The monoisotopic (exact) mass is 248 g/mol. The fourth-order valence-corrected chi connectivity index (χ4v) is 2.18. The van der Waals surface area contributed by atoms with Crippen LogP contribution in [0, 0.1) is 0 Å². The number of ether oxygens (including phenoxy) is 1. The average molecular weight is 248 g/mol. The van der Waals surface area contributed by atoms with Crippen LogP contribution in [0.3, 0.4) is 0 Å². The Labute approximate surface area is 108 Å². The number of hydrogen-bond acceptors (Lipinski definition) is 3. The summed E-state index contributed by atoms with van der Waals surface area (Å²) in [5.74, 6) is 1.20. The maximum absolute atomic E-state index is 11.5. The van der Waals surface area contributed by atoms with Crippen LogP contribution in [0.1, 0.15) is 24.3 Å². The molecule has 0 aromatic heterocycles. The lowest BCUT2D eigenvalue weighted by atomic mass is 9.90. The summed E-state index contributed by atoms with van der Waals surface area (Å²) in [5, 5.41) is 3.35. The van der Waals surface area contributed by atoms with Crippen molar-refractivity contribution in [3.05, 3.63) is 29.8 Å². The van der Waals surface area contributed by atoms with E-state index >= 15 is 0 Å². The topological polar surface area (TPSA) is 41.6 Å². The van der Waals surface area contributed by atoms with Crippen LogP contribution < -0.4 is 10.1 Å². The smallest absolute Gasteiger partial charge is 0.410 e. The normalized spacial score (nSPS) is 16.3. The van der Waals surface area contributed by atoms with Crippen LogP contribution in [0.15, 0.2) is 24.3 Å². The molecule has 4 heteroatoms. The molecule has 1 aliphatic heterocycles. The lowest BCUT2D eigenvalue weighted by molar-refractivity contribution is 0.172. The fourth-order valence-electron chi connectivity index (χ4n) is 2.18. The first kappa shape index (κ1) is 12.9. The van der Waals surface area contributed by atoms with Crippen molar-refractivity contribution in [2.24, 2.45) is 0 Å². The standard InChI is InChI=1S/C14H20N2O2/c1-16(2)14(17)18-13-5-3-4-12(10-13)11-6-8-15-9-7-11/h3-5,10-11,15H,6-9H2,1-2H3. The van der Waals surface area contributed by atoms with Gasteiger partial charge in [-0.15, -0.1) is 0 Å². The van der Waals surface area contributed by atoms with Crippen LogP contribution in [0.25, 0.3) is 0 Å². The highest BCUT2D eigenvalue weighted by atomic mass is 16.6. The van der Waals surface area contributed by atoms with Crippen molar-refractivity contribution >= 4 is 6.09 Å². The van der Waals surface area contributed by atoms with Crippen LogP contribution in [0.4, 0.5) is 4.79 Å². The molecule has 0 spiro atoms. The van der Waals surface area contributed by atoms with Gasteiger partial charge in [0.2, 0.25) is 0 Å². The van der Waals surface area contributed by atoms with E-state index < -0.39 is 0 Å². The van der Waals surface area contributed by atoms with Gasteiger partial charge in [-0.3, -0.25) is 0 Å². The molecule has 98 valence electrons. The molecular formula is C14H20N2O2. The number of hydrogen-bond donors (Lipinski definition) is 1. The molecule has 1 aromatic rings. The van der Waals surface area contributed by atoms with Gasteiger partial charge < -0.3 is 15.0 Å². The summed E-state index contributed by atoms with van der Waals surface area (Å²) >= 11 is 0. The second-order valence-corrected chi connectivity index (χ2v) is 4.86. The van der Waals surface area contributed by atoms with E-state index in [4.69, 9.17) is 4.74 Å². The molecule has 0 aliphatic carbocycles. The molecule has 0 atom stereocenters. The Morgan fingerprint density at radius 3 is 2.72 bits per heavy atom. The molecule has 0 radical (unpaired) electrons. The second kappa shape index (κ2) is 5.87. The molecule has 1 saturated heterocycles. The zero-order chi connectivity index (χ0) is 13.0. The summed E-state index contributed by atoms with van der Waals surface area (Å²) in [6, 6.07) is 7.88. The molecular weight excluding hydrogens is 228 g/mol. The number of piperidine rings is 1. The molecule has 18 heavy (non-hydrogen) atoms. The number of carbonyl (C=O) groups excluding carboxylic acids is 1. The van der Waals surface area contributed by atoms with Gasteiger partial charge in [-0.2, -0.15) is 0 Å². The minimum Gasteiger partial charge on any atom is -0.410 e. The fraction of sp³-hybridized carbons (Fsp3) is 0.500. The molecule has 1 heterocycles. The molecule has 1 amide bonds. The molecule has 1 aliphatic rings. The summed E-state index contributed by atoms with van der Waals surface area (Å²) in [4.78, 5) is 12.9. The molecule has 4 nitrogen and oxygen atoms in total. The Bertz CT molecular complexity index is 412. The van der Waals surface area contributed by atoms with Gasteiger partial charge in [0.15, 0.2) is 0 Å². The summed E-state index contributed by atoms with van der Waals surface area (Å²) in [7, 11) is 3.36. The van der Waals surface area contributed by atoms with Gasteiger partial charge in [0, 0.05) is 14.1 Å². The highest BCUT2D eigenvalue weighted by Gasteiger charge is 2.16. The summed E-state index contributed by atoms with van der Waals surface area (Å²) in [6.45, 7) is 2.12. The first-order chi connectivity index (χ1) is 8.66. The van der Waals surface area contributed by atoms with Crippen LogP contribution in [0.2, 0.25) is 0 Å². The van der Waals surface area contributed by atoms with Gasteiger partial charge >= 0.3 is 6.09 Å². The van der Waals surface area contributed by atoms with E-state index in [1.807, 2.05) is 18.2 Å². The van der Waals surface area contributed by atoms with Crippen molar-refractivity contribution in [2.45, 2.75) is 18.8 Å². The van der Waals surface area contributed by atoms with E-state index in [0.29, 0.717) is 11.7 Å². The molecule has 1 fully saturated rings. The highest BCUT2D eigenvalue weighted by molar-refractivity contribution is 5.70. The van der Waals surface area contributed by atoms with E-state index in [2.05, 4.69) is 11.4 Å². The van der Waals surface area contributed by atoms with E-state index in [9.17, 15) is 4.79 Å². The Morgan fingerprint density at radius 1 is 1.33 bits per heavy atom. The van der Waals surface area contributed by atoms with Crippen LogP contribution in [-0.4, -0.2) is 38.2 Å². The van der Waals surface area contributed by atoms with Crippen molar-refractivity contribution in [1.29, 1.82) is 0 Å². The maximum atomic E-state index is 11.5. The van der Waals surface area contributed by atoms with Crippen LogP contribution in [0.5, 0.6) is 5.75 Å². The maximum Gasteiger partial charge on any atom is 0.414 e. The zero-order valence-corrected chi connectivity index (χ0v) is 11.0. The lowest BCUT2D eigenvalue weighted by Gasteiger charge is -2.23. The van der Waals surface area contributed by atoms with Gasteiger partial charge in [-0.25, -0.2) is 4.79 Å². The highest BCUT2D eigenvalue weighted by Crippen LogP contribution is 2.27. The van der Waals surface area contributed by atoms with Crippen LogP contribution >= 0.6 is 0 Å². The predicted molar refractivity (Wildman–Crippen MR) is 71.0 cm³/mol. The third kappa shape index (κ3) is 3.23. The molecule has 0 saturated carbocycles. The van der Waals surface area contributed by atoms with E-state index in [1.165, 1.54) is 10.5 Å². The minimum absolute atomic E-state index is 0.336. The quantitative estimate of drug-likeness (QED) is 0.872. The molecule has 1 N–H and O–H groups in total. The number of carbonyl (C=O) groups is 1. The minimum atomic E-state index is -0.336. The summed E-state index contributed by atoms with van der Waals surface area (Å²) in [6.07, 6.45) is 1.95. The Morgan fingerprint density at radius 2 is 2.06 bits per heavy atom. The number of amides is 1. The third-order valence-corrected chi connectivity index (χ3v) is 3.24. The van der Waals surface area contributed by atoms with E-state index in [1.54, 1.807) is 14.1 Å². The first-order valence-corrected chi connectivity index (χ1v) is 6.36. The van der Waals surface area contributed by atoms with Crippen molar-refractivity contribution in [3.8, 4) is 5.75 Å². The van der Waals surface area contributed by atoms with Crippen molar-refractivity contribution in [1.82, 2.24) is 10.2 Å². The Hall–Kier alpha value is -1.55. The van der Waals surface area contributed by atoms with Crippen molar-refractivity contribution in [2.75, 3.05) is 27.2 Å². The SMILES string of the molecule is CN(C)C(=O)Oc1cccc(C2CCNCC2)c1. The second-order valence-electron chi connectivity index (χ2n) is 4.86. The number of nitrogens with zero attached hydrogens (tertiary/aromatic N) is 1. The molecule has 0 bridgehead atoms. The Balaban J connectivity index is 2.07. The summed E-state index contributed by atoms with van der Waals surface area (Å²) in [5.41, 5.74) is 1.26. The average Bonchev–Trinajstić information content (AvgIpc) is 2.40. The van der Waals surface area contributed by atoms with Gasteiger partial charge in [0.1, 0.15) is 5.75 Å². The number of nitrogens with one attached hydrogen (secondary N) is 1. The van der Waals surface area contributed by atoms with Gasteiger partial charge in [-0.1, -0.05) is 12.1 Å². The largest absolute Gasteiger partial charge is 0.414 e. The Kier molecular flexibility index (Phi) is 4.20. The predicted octanol–water partition coefficient (Wildman–Crippen LogP) is 2.21. The van der Waals surface area contributed by atoms with Gasteiger partial charge in [-0.05, 0) is 49.5 Å². The molecule has 0 unspecified atom stereocenters. The van der Waals surface area contributed by atoms with Gasteiger partial charge in [0.05, 0.1) is 0 Å². The molecule has 1 aromatic carbocycles. The van der Waals surface area contributed by atoms with E-state index in [0.717, 1.165) is 25.9 Å². The molecule has 2 rings (SSSR count). The summed E-state index contributed by atoms with van der Waals surface area (Å²) < 4.78 is 5.28. The number of benzene rings is 1. The zero-order valence-electron chi connectivity index (χ0n) is 11.0. The lowest BCUT2D eigenvalue weighted by Crippen LogP contribution is -2.27.